The minimum absolute atomic E-state index is 0.229. The molecule has 0 fully saturated rings. The van der Waals surface area contributed by atoms with Crippen LogP contribution in [-0.4, -0.2) is 12.2 Å². The Morgan fingerprint density at radius 2 is 1.83 bits per heavy atom. The molecule has 0 aliphatic heterocycles. The first-order valence-corrected chi connectivity index (χ1v) is 7.21. The molecule has 0 aromatic heterocycles. The predicted molar refractivity (Wildman–Crippen MR) is 81.4 cm³/mol. The number of thiol groups is 1. The molecule has 0 saturated heterocycles. The zero-order chi connectivity index (χ0) is 13.0. The summed E-state index contributed by atoms with van der Waals surface area (Å²) >= 11 is 4.33. The van der Waals surface area contributed by atoms with Crippen LogP contribution < -0.4 is 15.3 Å². The number of hydrogen-bond acceptors (Lipinski definition) is 3. The summed E-state index contributed by atoms with van der Waals surface area (Å²) in [7, 11) is 1.96. The van der Waals surface area contributed by atoms with Gasteiger partial charge in [0.15, 0.2) is 11.5 Å². The van der Waals surface area contributed by atoms with Crippen molar-refractivity contribution in [1.82, 2.24) is 0 Å². The van der Waals surface area contributed by atoms with Crippen molar-refractivity contribution in [1.29, 1.82) is 0 Å². The Morgan fingerprint density at radius 3 is 2.56 bits per heavy atom. The molecule has 0 amide bonds. The lowest BCUT2D eigenvalue weighted by Gasteiger charge is -2.11. The second-order valence-corrected chi connectivity index (χ2v) is 5.44. The number of aromatic hydroxyl groups is 1. The Kier molecular flexibility index (Phi) is 4.51. The maximum absolute atomic E-state index is 10.1. The molecule has 1 atom stereocenters. The fourth-order valence-electron chi connectivity index (χ4n) is 1.71. The van der Waals surface area contributed by atoms with Gasteiger partial charge in [-0.15, -0.1) is 0 Å². The van der Waals surface area contributed by atoms with Gasteiger partial charge in [0.2, 0.25) is 0 Å². The number of phenolic OH excluding ortho intramolecular Hbond substituents is 1. The van der Waals surface area contributed by atoms with Gasteiger partial charge < -0.3 is 9.84 Å². The van der Waals surface area contributed by atoms with Gasteiger partial charge in [-0.05, 0) is 16.9 Å². The van der Waals surface area contributed by atoms with Gasteiger partial charge in [0.05, 0.1) is 7.11 Å². The SMILES string of the molecule is COc1cccc(Pc2ccccc2CS)c1O. The van der Waals surface area contributed by atoms with Crippen LogP contribution in [0.15, 0.2) is 42.5 Å². The molecule has 0 aliphatic rings. The number of benzene rings is 2. The lowest BCUT2D eigenvalue weighted by molar-refractivity contribution is 0.375. The Bertz CT molecular complexity index is 543. The molecule has 0 spiro atoms. The molecule has 0 heterocycles. The molecule has 4 heteroatoms. The molecule has 1 unspecified atom stereocenters. The van der Waals surface area contributed by atoms with E-state index in [0.29, 0.717) is 20.1 Å². The van der Waals surface area contributed by atoms with Gasteiger partial charge in [-0.3, -0.25) is 0 Å². The molecule has 1 N–H and O–H groups in total. The standard InChI is InChI=1S/C14H15O2PS/c1-16-11-6-4-8-13(14(11)15)17-12-7-3-2-5-10(12)9-18/h2-8,15,17-18H,9H2,1H3. The van der Waals surface area contributed by atoms with Crippen molar-refractivity contribution in [2.24, 2.45) is 0 Å². The quantitative estimate of drug-likeness (QED) is 0.664. The smallest absolute Gasteiger partial charge is 0.165 e. The third-order valence-electron chi connectivity index (χ3n) is 2.68. The van der Waals surface area contributed by atoms with Crippen LogP contribution in [0.25, 0.3) is 0 Å². The average Bonchev–Trinajstić information content (AvgIpc) is 2.42. The van der Waals surface area contributed by atoms with Crippen LogP contribution >= 0.6 is 21.2 Å². The van der Waals surface area contributed by atoms with Gasteiger partial charge in [-0.25, -0.2) is 0 Å². The summed E-state index contributed by atoms with van der Waals surface area (Å²) in [6.45, 7) is 0. The third-order valence-corrected chi connectivity index (χ3v) is 4.45. The summed E-state index contributed by atoms with van der Waals surface area (Å²) in [4.78, 5) is 0. The maximum Gasteiger partial charge on any atom is 0.165 e. The van der Waals surface area contributed by atoms with E-state index in [-0.39, 0.29) is 5.75 Å². The summed E-state index contributed by atoms with van der Waals surface area (Å²) in [5.74, 6) is 1.45. The maximum atomic E-state index is 10.1. The molecular formula is C14H15O2PS. The molecule has 0 aliphatic carbocycles. The molecule has 18 heavy (non-hydrogen) atoms. The molecule has 0 bridgehead atoms. The van der Waals surface area contributed by atoms with Gasteiger partial charge in [-0.2, -0.15) is 12.6 Å². The summed E-state index contributed by atoms with van der Waals surface area (Å²) < 4.78 is 5.12. The Hall–Kier alpha value is -1.18. The third kappa shape index (κ3) is 2.80. The number of rotatable bonds is 4. The molecule has 2 aromatic rings. The van der Waals surface area contributed by atoms with Crippen LogP contribution in [0, 0.1) is 0 Å². The highest BCUT2D eigenvalue weighted by Gasteiger charge is 2.09. The van der Waals surface area contributed by atoms with Gasteiger partial charge in [0, 0.05) is 11.1 Å². The van der Waals surface area contributed by atoms with Crippen LogP contribution in [-0.2, 0) is 5.75 Å². The number of phenols is 1. The summed E-state index contributed by atoms with van der Waals surface area (Å²) in [6.07, 6.45) is 0. The average molecular weight is 278 g/mol. The van der Waals surface area contributed by atoms with E-state index in [0.717, 1.165) is 5.30 Å². The van der Waals surface area contributed by atoms with Crippen molar-refractivity contribution in [3.8, 4) is 11.5 Å². The Morgan fingerprint density at radius 1 is 1.11 bits per heavy atom. The monoisotopic (exact) mass is 278 g/mol. The summed E-state index contributed by atoms with van der Waals surface area (Å²) in [5.41, 5.74) is 1.20. The van der Waals surface area contributed by atoms with Gasteiger partial charge in [-0.1, -0.05) is 45.0 Å². The van der Waals surface area contributed by atoms with Gasteiger partial charge in [0.25, 0.3) is 0 Å². The predicted octanol–water partition coefficient (Wildman–Crippen LogP) is 2.46. The van der Waals surface area contributed by atoms with E-state index < -0.39 is 0 Å². The minimum Gasteiger partial charge on any atom is -0.504 e. The highest BCUT2D eigenvalue weighted by atomic mass is 32.1. The van der Waals surface area contributed by atoms with Crippen LogP contribution in [0.2, 0.25) is 0 Å². The van der Waals surface area contributed by atoms with E-state index in [9.17, 15) is 5.11 Å². The van der Waals surface area contributed by atoms with Gasteiger partial charge >= 0.3 is 0 Å². The number of methoxy groups -OCH3 is 1. The molecule has 0 saturated carbocycles. The van der Waals surface area contributed by atoms with E-state index in [4.69, 9.17) is 4.74 Å². The van der Waals surface area contributed by atoms with Crippen molar-refractivity contribution in [3.05, 3.63) is 48.0 Å². The van der Waals surface area contributed by atoms with E-state index in [1.54, 1.807) is 13.2 Å². The lowest BCUT2D eigenvalue weighted by Crippen LogP contribution is -2.08. The molecular weight excluding hydrogens is 263 g/mol. The molecule has 2 aromatic carbocycles. The van der Waals surface area contributed by atoms with Crippen LogP contribution in [0.3, 0.4) is 0 Å². The second-order valence-electron chi connectivity index (χ2n) is 3.80. The number of ether oxygens (including phenoxy) is 1. The number of hydrogen-bond donors (Lipinski definition) is 2. The van der Waals surface area contributed by atoms with Crippen molar-refractivity contribution < 1.29 is 9.84 Å². The normalized spacial score (nSPS) is 11.0. The first kappa shape index (κ1) is 13.3. The molecule has 0 radical (unpaired) electrons. The zero-order valence-corrected chi connectivity index (χ0v) is 11.9. The van der Waals surface area contributed by atoms with E-state index in [1.165, 1.54) is 10.9 Å². The van der Waals surface area contributed by atoms with Crippen molar-refractivity contribution in [2.75, 3.05) is 7.11 Å². The van der Waals surface area contributed by atoms with E-state index >= 15 is 0 Å². The van der Waals surface area contributed by atoms with Crippen molar-refractivity contribution >= 4 is 31.8 Å². The summed E-state index contributed by atoms with van der Waals surface area (Å²) in [6, 6.07) is 13.7. The molecule has 2 nitrogen and oxygen atoms in total. The fraction of sp³-hybridized carbons (Fsp3) is 0.143. The van der Waals surface area contributed by atoms with Crippen LogP contribution in [0.1, 0.15) is 5.56 Å². The Balaban J connectivity index is 2.34. The molecule has 94 valence electrons. The second kappa shape index (κ2) is 6.12. The van der Waals surface area contributed by atoms with Crippen molar-refractivity contribution in [2.45, 2.75) is 5.75 Å². The van der Waals surface area contributed by atoms with Crippen LogP contribution in [0.5, 0.6) is 11.5 Å². The highest BCUT2D eigenvalue weighted by molar-refractivity contribution is 7.79. The largest absolute Gasteiger partial charge is 0.504 e. The summed E-state index contributed by atoms with van der Waals surface area (Å²) in [5, 5.41) is 12.2. The first-order chi connectivity index (χ1) is 8.76. The van der Waals surface area contributed by atoms with E-state index in [2.05, 4.69) is 24.8 Å². The number of para-hydroxylation sites is 1. The topological polar surface area (TPSA) is 29.5 Å². The fourth-order valence-corrected chi connectivity index (χ4v) is 3.36. The van der Waals surface area contributed by atoms with Gasteiger partial charge in [0.1, 0.15) is 0 Å². The zero-order valence-electron chi connectivity index (χ0n) is 10.1. The lowest BCUT2D eigenvalue weighted by atomic mass is 10.2. The molecule has 2 rings (SSSR count). The first-order valence-electron chi connectivity index (χ1n) is 5.58. The van der Waals surface area contributed by atoms with Crippen molar-refractivity contribution in [3.63, 3.8) is 0 Å². The van der Waals surface area contributed by atoms with Crippen LogP contribution in [0.4, 0.5) is 0 Å². The minimum atomic E-state index is 0.229. The van der Waals surface area contributed by atoms with E-state index in [1.807, 2.05) is 24.3 Å². The Labute approximate surface area is 114 Å². The highest BCUT2D eigenvalue weighted by Crippen LogP contribution is 2.28.